The maximum atomic E-state index is 10.6. The zero-order valence-electron chi connectivity index (χ0n) is 9.85. The van der Waals surface area contributed by atoms with Crippen molar-refractivity contribution in [1.29, 1.82) is 0 Å². The third-order valence-corrected chi connectivity index (χ3v) is 3.05. The first-order chi connectivity index (χ1) is 7.30. The predicted octanol–water partition coefficient (Wildman–Crippen LogP) is 2.07. The molecule has 6 heteroatoms. The van der Waals surface area contributed by atoms with Crippen molar-refractivity contribution in [1.82, 2.24) is 10.1 Å². The largest absolute Gasteiger partial charge is 0.480 e. The van der Waals surface area contributed by atoms with Crippen molar-refractivity contribution in [3.63, 3.8) is 0 Å². The van der Waals surface area contributed by atoms with Crippen LogP contribution in [0, 0.1) is 0 Å². The number of aromatic nitrogens is 2. The quantitative estimate of drug-likeness (QED) is 0.873. The van der Waals surface area contributed by atoms with Crippen molar-refractivity contribution in [2.75, 3.05) is 0 Å². The van der Waals surface area contributed by atoms with Crippen molar-refractivity contribution < 1.29 is 14.4 Å². The van der Waals surface area contributed by atoms with Crippen LogP contribution in [0.1, 0.15) is 39.4 Å². The fourth-order valence-corrected chi connectivity index (χ4v) is 1.55. The van der Waals surface area contributed by atoms with Crippen molar-refractivity contribution in [2.45, 2.75) is 44.1 Å². The molecule has 0 aliphatic carbocycles. The monoisotopic (exact) mass is 244 g/mol. The van der Waals surface area contributed by atoms with E-state index in [2.05, 4.69) is 10.1 Å². The van der Waals surface area contributed by atoms with Gasteiger partial charge in [-0.15, -0.1) is 11.8 Å². The Kier molecular flexibility index (Phi) is 3.96. The molecule has 0 spiro atoms. The van der Waals surface area contributed by atoms with Gasteiger partial charge in [-0.25, -0.2) is 0 Å². The van der Waals surface area contributed by atoms with Gasteiger partial charge < -0.3 is 9.63 Å². The Morgan fingerprint density at radius 2 is 2.19 bits per heavy atom. The van der Waals surface area contributed by atoms with Gasteiger partial charge in [0.05, 0.1) is 11.0 Å². The molecular formula is C10H16N2O3S. The molecule has 0 radical (unpaired) electrons. The topological polar surface area (TPSA) is 76.2 Å². The van der Waals surface area contributed by atoms with Crippen LogP contribution in [0.4, 0.5) is 0 Å². The lowest BCUT2D eigenvalue weighted by atomic mass is 9.97. The van der Waals surface area contributed by atoms with Crippen LogP contribution in [0.2, 0.25) is 0 Å². The second kappa shape index (κ2) is 4.86. The number of nitrogens with zero attached hydrogens (tertiary/aromatic N) is 2. The first-order valence-corrected chi connectivity index (χ1v) is 6.03. The van der Waals surface area contributed by atoms with Crippen LogP contribution in [-0.4, -0.2) is 26.5 Å². The van der Waals surface area contributed by atoms with Crippen LogP contribution < -0.4 is 0 Å². The van der Waals surface area contributed by atoms with Gasteiger partial charge in [0, 0.05) is 5.41 Å². The molecule has 0 saturated carbocycles. The summed E-state index contributed by atoms with van der Waals surface area (Å²) >= 11 is 1.28. The minimum atomic E-state index is -0.829. The smallest absolute Gasteiger partial charge is 0.316 e. The zero-order valence-corrected chi connectivity index (χ0v) is 10.7. The maximum Gasteiger partial charge on any atom is 0.316 e. The Hall–Kier alpha value is -1.04. The lowest BCUT2D eigenvalue weighted by Crippen LogP contribution is -2.12. The van der Waals surface area contributed by atoms with Crippen LogP contribution >= 0.6 is 11.8 Å². The van der Waals surface area contributed by atoms with E-state index in [1.165, 1.54) is 11.8 Å². The fourth-order valence-electron chi connectivity index (χ4n) is 0.888. The summed E-state index contributed by atoms with van der Waals surface area (Å²) in [4.78, 5) is 14.8. The SMILES string of the molecule is CC(SCc1noc(C(C)(C)C)n1)C(=O)O. The molecule has 0 fully saturated rings. The van der Waals surface area contributed by atoms with Crippen LogP contribution in [0.25, 0.3) is 0 Å². The van der Waals surface area contributed by atoms with Gasteiger partial charge in [-0.3, -0.25) is 4.79 Å². The fraction of sp³-hybridized carbons (Fsp3) is 0.700. The van der Waals surface area contributed by atoms with E-state index in [0.29, 0.717) is 17.5 Å². The Balaban J connectivity index is 2.57. The number of hydrogen-bond donors (Lipinski definition) is 1. The summed E-state index contributed by atoms with van der Waals surface area (Å²) in [6, 6.07) is 0. The van der Waals surface area contributed by atoms with Crippen LogP contribution in [0.5, 0.6) is 0 Å². The van der Waals surface area contributed by atoms with Crippen molar-refractivity contribution in [2.24, 2.45) is 0 Å². The van der Waals surface area contributed by atoms with Gasteiger partial charge in [0.2, 0.25) is 5.89 Å². The van der Waals surface area contributed by atoms with Crippen LogP contribution in [0.3, 0.4) is 0 Å². The highest BCUT2D eigenvalue weighted by molar-refractivity contribution is 7.99. The summed E-state index contributed by atoms with van der Waals surface area (Å²) in [6.07, 6.45) is 0. The van der Waals surface area contributed by atoms with Gasteiger partial charge in [0.15, 0.2) is 5.82 Å². The molecule has 90 valence electrons. The van der Waals surface area contributed by atoms with Crippen LogP contribution in [0.15, 0.2) is 4.52 Å². The second-order valence-corrected chi connectivity index (χ2v) is 5.89. The molecule has 0 amide bonds. The van der Waals surface area contributed by atoms with Gasteiger partial charge in [-0.05, 0) is 6.92 Å². The zero-order chi connectivity index (χ0) is 12.3. The molecular weight excluding hydrogens is 228 g/mol. The normalized spacial score (nSPS) is 13.8. The lowest BCUT2D eigenvalue weighted by Gasteiger charge is -2.10. The lowest BCUT2D eigenvalue weighted by molar-refractivity contribution is -0.136. The minimum Gasteiger partial charge on any atom is -0.480 e. The molecule has 1 unspecified atom stereocenters. The van der Waals surface area contributed by atoms with E-state index < -0.39 is 11.2 Å². The third kappa shape index (κ3) is 3.52. The van der Waals surface area contributed by atoms with E-state index in [1.807, 2.05) is 20.8 Å². The predicted molar refractivity (Wildman–Crippen MR) is 61.4 cm³/mol. The molecule has 0 aromatic carbocycles. The van der Waals surface area contributed by atoms with E-state index in [4.69, 9.17) is 9.63 Å². The maximum absolute atomic E-state index is 10.6. The number of carboxylic acid groups (broad SMARTS) is 1. The van der Waals surface area contributed by atoms with Crippen molar-refractivity contribution in [3.05, 3.63) is 11.7 Å². The van der Waals surface area contributed by atoms with E-state index in [9.17, 15) is 4.79 Å². The summed E-state index contributed by atoms with van der Waals surface area (Å²) in [7, 11) is 0. The number of carboxylic acids is 1. The van der Waals surface area contributed by atoms with E-state index in [0.717, 1.165) is 0 Å². The molecule has 1 aromatic heterocycles. The van der Waals surface area contributed by atoms with Gasteiger partial charge in [0.25, 0.3) is 0 Å². The number of thioether (sulfide) groups is 1. The Labute approximate surface area is 98.6 Å². The van der Waals surface area contributed by atoms with E-state index >= 15 is 0 Å². The molecule has 0 bridgehead atoms. The summed E-state index contributed by atoms with van der Waals surface area (Å²) in [5, 5.41) is 12.1. The summed E-state index contributed by atoms with van der Waals surface area (Å²) in [6.45, 7) is 7.59. The highest BCUT2D eigenvalue weighted by atomic mass is 32.2. The van der Waals surface area contributed by atoms with Gasteiger partial charge in [-0.2, -0.15) is 4.98 Å². The average Bonchev–Trinajstić information content (AvgIpc) is 2.61. The number of hydrogen-bond acceptors (Lipinski definition) is 5. The van der Waals surface area contributed by atoms with Gasteiger partial charge >= 0.3 is 5.97 Å². The summed E-state index contributed by atoms with van der Waals surface area (Å²) in [5.74, 6) is 0.742. The van der Waals surface area contributed by atoms with E-state index in [1.54, 1.807) is 6.92 Å². The van der Waals surface area contributed by atoms with E-state index in [-0.39, 0.29) is 5.41 Å². The average molecular weight is 244 g/mol. The molecule has 0 saturated heterocycles. The molecule has 1 heterocycles. The Bertz CT molecular complexity index is 370. The third-order valence-electron chi connectivity index (χ3n) is 1.92. The summed E-state index contributed by atoms with van der Waals surface area (Å²) in [5.41, 5.74) is -0.172. The van der Waals surface area contributed by atoms with Crippen molar-refractivity contribution >= 4 is 17.7 Å². The van der Waals surface area contributed by atoms with Crippen molar-refractivity contribution in [3.8, 4) is 0 Å². The summed E-state index contributed by atoms with van der Waals surface area (Å²) < 4.78 is 5.10. The Morgan fingerprint density at radius 1 is 1.56 bits per heavy atom. The number of rotatable bonds is 4. The second-order valence-electron chi connectivity index (χ2n) is 4.56. The molecule has 16 heavy (non-hydrogen) atoms. The van der Waals surface area contributed by atoms with Gasteiger partial charge in [-0.1, -0.05) is 25.9 Å². The molecule has 0 aliphatic heterocycles. The molecule has 0 aliphatic rings. The highest BCUT2D eigenvalue weighted by Gasteiger charge is 2.22. The number of carbonyl (C=O) groups is 1. The molecule has 1 aromatic rings. The van der Waals surface area contributed by atoms with Gasteiger partial charge in [0.1, 0.15) is 0 Å². The first-order valence-electron chi connectivity index (χ1n) is 4.98. The number of aliphatic carboxylic acids is 1. The standard InChI is InChI=1S/C10H16N2O3S/c1-6(8(13)14)16-5-7-11-9(15-12-7)10(2,3)4/h6H,5H2,1-4H3,(H,13,14). The minimum absolute atomic E-state index is 0.172. The molecule has 1 N–H and O–H groups in total. The van der Waals surface area contributed by atoms with Crippen LogP contribution in [-0.2, 0) is 16.0 Å². The Morgan fingerprint density at radius 3 is 2.62 bits per heavy atom. The first kappa shape index (κ1) is 13.0. The highest BCUT2D eigenvalue weighted by Crippen LogP contribution is 2.22. The molecule has 5 nitrogen and oxygen atoms in total. The molecule has 1 rings (SSSR count). The molecule has 1 atom stereocenters.